The van der Waals surface area contributed by atoms with Crippen LogP contribution in [0.5, 0.6) is 5.75 Å². The molecule has 2 bridgehead atoms. The number of benzene rings is 2. The number of likely N-dealkylation sites (tertiary alicyclic amines) is 1. The van der Waals surface area contributed by atoms with Gasteiger partial charge in [-0.3, -0.25) is 4.90 Å². The smallest absolute Gasteiger partial charge is 0.416 e. The van der Waals surface area contributed by atoms with Crippen LogP contribution in [0.25, 0.3) is 0 Å². The minimum Gasteiger partial charge on any atom is -0.508 e. The predicted molar refractivity (Wildman–Crippen MR) is 122 cm³/mol. The summed E-state index contributed by atoms with van der Waals surface area (Å²) in [6.07, 6.45) is -0.957. The van der Waals surface area contributed by atoms with Crippen molar-refractivity contribution >= 4 is 10.0 Å². The predicted octanol–water partition coefficient (Wildman–Crippen LogP) is 4.40. The van der Waals surface area contributed by atoms with E-state index in [-0.39, 0.29) is 16.7 Å². The molecular formula is C25H29F3N2O3S. The van der Waals surface area contributed by atoms with Gasteiger partial charge in [0.15, 0.2) is 0 Å². The summed E-state index contributed by atoms with van der Waals surface area (Å²) in [5.74, 6) is 0.748. The van der Waals surface area contributed by atoms with E-state index in [0.717, 1.165) is 36.3 Å². The summed E-state index contributed by atoms with van der Waals surface area (Å²) >= 11 is 0. The molecule has 1 heterocycles. The molecule has 2 aromatic carbocycles. The minimum atomic E-state index is -4.63. The minimum absolute atomic E-state index is 0.0954. The van der Waals surface area contributed by atoms with Crippen LogP contribution in [0.4, 0.5) is 13.2 Å². The molecule has 9 heteroatoms. The highest BCUT2D eigenvalue weighted by Crippen LogP contribution is 2.49. The zero-order chi connectivity index (χ0) is 24.5. The van der Waals surface area contributed by atoms with Gasteiger partial charge in [-0.05, 0) is 79.6 Å². The van der Waals surface area contributed by atoms with Crippen LogP contribution < -0.4 is 0 Å². The lowest BCUT2D eigenvalue weighted by Crippen LogP contribution is -2.68. The van der Waals surface area contributed by atoms with Gasteiger partial charge in [0.25, 0.3) is 0 Å². The molecule has 0 spiro atoms. The Morgan fingerprint density at radius 3 is 2.59 bits per heavy atom. The molecule has 0 aromatic heterocycles. The largest absolute Gasteiger partial charge is 0.508 e. The number of hydrogen-bond acceptors (Lipinski definition) is 4. The lowest BCUT2D eigenvalue weighted by molar-refractivity contribution is -0.137. The van der Waals surface area contributed by atoms with Gasteiger partial charge < -0.3 is 5.11 Å². The van der Waals surface area contributed by atoms with Crippen LogP contribution >= 0.6 is 0 Å². The van der Waals surface area contributed by atoms with Gasteiger partial charge in [0.2, 0.25) is 10.0 Å². The Morgan fingerprint density at radius 2 is 1.91 bits per heavy atom. The first-order valence-corrected chi connectivity index (χ1v) is 13.1. The van der Waals surface area contributed by atoms with E-state index in [2.05, 4.69) is 4.90 Å². The van der Waals surface area contributed by atoms with Crippen molar-refractivity contribution in [1.29, 1.82) is 0 Å². The van der Waals surface area contributed by atoms with Crippen molar-refractivity contribution < 1.29 is 26.7 Å². The number of phenols is 1. The van der Waals surface area contributed by atoms with Crippen molar-refractivity contribution in [2.45, 2.75) is 61.2 Å². The third-order valence-corrected chi connectivity index (χ3v) is 9.80. The number of phenolic OH excluding ortho intramolecular Hbond substituents is 1. The van der Waals surface area contributed by atoms with Crippen LogP contribution in [0.1, 0.15) is 42.9 Å². The van der Waals surface area contributed by atoms with Gasteiger partial charge in [-0.15, -0.1) is 0 Å². The maximum Gasteiger partial charge on any atom is 0.416 e. The van der Waals surface area contributed by atoms with Crippen LogP contribution in [0.15, 0.2) is 47.4 Å². The Labute approximate surface area is 198 Å². The maximum atomic E-state index is 13.7. The Hall–Kier alpha value is -2.10. The Morgan fingerprint density at radius 1 is 1.18 bits per heavy atom. The molecular weight excluding hydrogens is 465 g/mol. The summed E-state index contributed by atoms with van der Waals surface area (Å²) in [4.78, 5) is 2.01. The third kappa shape index (κ3) is 3.91. The van der Waals surface area contributed by atoms with Crippen LogP contribution in [-0.2, 0) is 28.0 Å². The fourth-order valence-electron chi connectivity index (χ4n) is 6.00. The molecule has 5 rings (SSSR count). The van der Waals surface area contributed by atoms with Crippen molar-refractivity contribution in [3.05, 3.63) is 59.2 Å². The van der Waals surface area contributed by atoms with Gasteiger partial charge in [-0.2, -0.15) is 17.5 Å². The van der Waals surface area contributed by atoms with E-state index in [4.69, 9.17) is 0 Å². The molecule has 1 saturated heterocycles. The fourth-order valence-corrected chi connectivity index (χ4v) is 7.53. The van der Waals surface area contributed by atoms with Crippen molar-refractivity contribution in [3.63, 3.8) is 0 Å². The number of piperidine rings is 1. The summed E-state index contributed by atoms with van der Waals surface area (Å²) < 4.78 is 68.6. The second kappa shape index (κ2) is 7.96. The highest BCUT2D eigenvalue weighted by molar-refractivity contribution is 7.89. The van der Waals surface area contributed by atoms with Crippen LogP contribution in [0, 0.1) is 5.92 Å². The molecule has 1 N–H and O–H groups in total. The first-order chi connectivity index (χ1) is 15.9. The average Bonchev–Trinajstić information content (AvgIpc) is 3.60. The van der Waals surface area contributed by atoms with Gasteiger partial charge >= 0.3 is 6.18 Å². The summed E-state index contributed by atoms with van der Waals surface area (Å²) in [6, 6.07) is 8.68. The fraction of sp³-hybridized carbons (Fsp3) is 0.520. The van der Waals surface area contributed by atoms with E-state index in [9.17, 15) is 26.7 Å². The van der Waals surface area contributed by atoms with Gasteiger partial charge in [0.05, 0.1) is 16.5 Å². The molecule has 1 saturated carbocycles. The van der Waals surface area contributed by atoms with Crippen LogP contribution in [0.3, 0.4) is 0 Å². The number of rotatable bonds is 5. The first kappa shape index (κ1) is 23.6. The molecule has 1 aliphatic heterocycles. The number of sulfonamides is 1. The molecule has 3 atom stereocenters. The topological polar surface area (TPSA) is 60.9 Å². The van der Waals surface area contributed by atoms with Gasteiger partial charge in [0, 0.05) is 25.0 Å². The second-order valence-electron chi connectivity index (χ2n) is 10.2. The zero-order valence-corrected chi connectivity index (χ0v) is 20.0. The molecule has 184 valence electrons. The van der Waals surface area contributed by atoms with E-state index in [1.54, 1.807) is 12.1 Å². The van der Waals surface area contributed by atoms with E-state index in [1.807, 2.05) is 13.0 Å². The van der Waals surface area contributed by atoms with Crippen LogP contribution in [0.2, 0.25) is 0 Å². The highest BCUT2D eigenvalue weighted by atomic mass is 32.2. The van der Waals surface area contributed by atoms with E-state index in [0.29, 0.717) is 24.8 Å². The summed E-state index contributed by atoms with van der Waals surface area (Å²) in [5.41, 5.74) is 0.445. The SMILES string of the molecule is CN([C@@H]1[C@H]2Cc3ccc(O)cc3[C@]1(C)CCN2CC1CC1)S(=O)(=O)c1cccc(C(F)(F)F)c1. The molecule has 3 aliphatic rings. The molecule has 5 nitrogen and oxygen atoms in total. The van der Waals surface area contributed by atoms with E-state index < -0.39 is 33.2 Å². The Balaban J connectivity index is 1.59. The van der Waals surface area contributed by atoms with Crippen molar-refractivity contribution in [2.24, 2.45) is 5.92 Å². The lowest BCUT2D eigenvalue weighted by atomic mass is 9.61. The lowest BCUT2D eigenvalue weighted by Gasteiger charge is -2.57. The molecule has 2 aromatic rings. The highest BCUT2D eigenvalue weighted by Gasteiger charge is 2.55. The number of nitrogens with zero attached hydrogens (tertiary/aromatic N) is 2. The Kier molecular flexibility index (Phi) is 5.53. The number of likely N-dealkylation sites (N-methyl/N-ethyl adjacent to an activating group) is 1. The normalized spacial score (nSPS) is 27.6. The molecule has 0 unspecified atom stereocenters. The van der Waals surface area contributed by atoms with Crippen molar-refractivity contribution in [1.82, 2.24) is 9.21 Å². The number of aromatic hydroxyl groups is 1. The molecule has 2 fully saturated rings. The first-order valence-electron chi connectivity index (χ1n) is 11.6. The van der Waals surface area contributed by atoms with Crippen molar-refractivity contribution in [2.75, 3.05) is 20.1 Å². The second-order valence-corrected chi connectivity index (χ2v) is 12.2. The van der Waals surface area contributed by atoms with E-state index in [1.165, 1.54) is 30.3 Å². The van der Waals surface area contributed by atoms with Gasteiger partial charge in [-0.1, -0.05) is 19.1 Å². The number of alkyl halides is 3. The van der Waals surface area contributed by atoms with Gasteiger partial charge in [0.1, 0.15) is 5.75 Å². The number of hydrogen-bond donors (Lipinski definition) is 1. The molecule has 0 amide bonds. The molecule has 2 aliphatic carbocycles. The van der Waals surface area contributed by atoms with Crippen LogP contribution in [-0.4, -0.2) is 55.0 Å². The zero-order valence-electron chi connectivity index (χ0n) is 19.2. The molecule has 34 heavy (non-hydrogen) atoms. The summed E-state index contributed by atoms with van der Waals surface area (Å²) in [6.45, 7) is 3.75. The standard InChI is InChI=1S/C25H29F3N2O3S/c1-24-10-11-30(15-16-6-7-16)22(12-17-8-9-19(31)14-21(17)24)23(24)29(2)34(32,33)20-5-3-4-18(13-20)25(26,27)28/h3-5,8-9,13-14,16,22-23,31H,6-7,10-12,15H2,1-2H3/t22-,23-,24+/m1/s1. The summed E-state index contributed by atoms with van der Waals surface area (Å²) in [7, 11) is -2.72. The molecule has 0 radical (unpaired) electrons. The van der Waals surface area contributed by atoms with Crippen molar-refractivity contribution in [3.8, 4) is 5.75 Å². The van der Waals surface area contributed by atoms with Gasteiger partial charge in [-0.25, -0.2) is 8.42 Å². The number of halogens is 3. The maximum absolute atomic E-state index is 13.7. The Bertz CT molecular complexity index is 1210. The third-order valence-electron chi connectivity index (χ3n) is 7.96. The quantitative estimate of drug-likeness (QED) is 0.670. The van der Waals surface area contributed by atoms with E-state index >= 15 is 0 Å². The number of fused-ring (bicyclic) bond motifs is 4. The average molecular weight is 495 g/mol. The summed E-state index contributed by atoms with van der Waals surface area (Å²) in [5, 5.41) is 10.2. The monoisotopic (exact) mass is 494 g/mol.